The van der Waals surface area contributed by atoms with E-state index in [1.54, 1.807) is 6.07 Å². The molecule has 0 unspecified atom stereocenters. The minimum absolute atomic E-state index is 0.0605. The van der Waals surface area contributed by atoms with Gasteiger partial charge in [0.2, 0.25) is 0 Å². The van der Waals surface area contributed by atoms with Crippen molar-refractivity contribution in [2.24, 2.45) is 0 Å². The van der Waals surface area contributed by atoms with Crippen molar-refractivity contribution >= 4 is 18.8 Å². The molecule has 0 spiro atoms. The van der Waals surface area contributed by atoms with Crippen LogP contribution in [0.25, 0.3) is 0 Å². The first-order chi connectivity index (χ1) is 10.6. The molecule has 0 radical (unpaired) electrons. The predicted molar refractivity (Wildman–Crippen MR) is 84.2 cm³/mol. The molecule has 0 bridgehead atoms. The molecule has 0 atom stereocenters. The second-order valence-electron chi connectivity index (χ2n) is 6.45. The molecule has 0 aromatic heterocycles. The van der Waals surface area contributed by atoms with E-state index in [-0.39, 0.29) is 17.6 Å². The van der Waals surface area contributed by atoms with Crippen LogP contribution in [-0.2, 0) is 20.4 Å². The fourth-order valence-electron chi connectivity index (χ4n) is 2.47. The summed E-state index contributed by atoms with van der Waals surface area (Å²) >= 11 is 0. The lowest BCUT2D eigenvalue weighted by Crippen LogP contribution is -2.41. The van der Waals surface area contributed by atoms with Crippen LogP contribution in [0.15, 0.2) is 18.2 Å². The van der Waals surface area contributed by atoms with E-state index in [9.17, 15) is 14.9 Å². The molecular weight excluding hydrogens is 301 g/mol. The second kappa shape index (κ2) is 5.94. The molecule has 2 rings (SSSR count). The van der Waals surface area contributed by atoms with Crippen molar-refractivity contribution in [3.8, 4) is 0 Å². The molecule has 124 valence electrons. The van der Waals surface area contributed by atoms with Crippen molar-refractivity contribution in [1.82, 2.24) is 0 Å². The van der Waals surface area contributed by atoms with Crippen molar-refractivity contribution in [2.45, 2.75) is 45.2 Å². The molecule has 0 saturated carbocycles. The summed E-state index contributed by atoms with van der Waals surface area (Å²) in [5.41, 5.74) is -0.904. The number of carbonyl (C=O) groups excluding carboxylic acids is 1. The number of benzene rings is 1. The monoisotopic (exact) mass is 321 g/mol. The molecule has 0 N–H and O–H groups in total. The first kappa shape index (κ1) is 17.4. The van der Waals surface area contributed by atoms with Crippen LogP contribution in [0.4, 0.5) is 5.69 Å². The van der Waals surface area contributed by atoms with Crippen molar-refractivity contribution in [3.05, 3.63) is 39.4 Å². The summed E-state index contributed by atoms with van der Waals surface area (Å²) in [6.07, 6.45) is 0.221. The van der Waals surface area contributed by atoms with E-state index in [0.717, 1.165) is 0 Å². The predicted octanol–water partition coefficient (Wildman–Crippen LogP) is 2.56. The van der Waals surface area contributed by atoms with Crippen molar-refractivity contribution in [3.63, 3.8) is 0 Å². The Hall–Kier alpha value is -1.93. The molecule has 8 heteroatoms. The Morgan fingerprint density at radius 2 is 1.83 bits per heavy atom. The Morgan fingerprint density at radius 1 is 1.26 bits per heavy atom. The molecule has 1 heterocycles. The Morgan fingerprint density at radius 3 is 2.30 bits per heavy atom. The zero-order chi connectivity index (χ0) is 17.4. The molecule has 1 fully saturated rings. The van der Waals surface area contributed by atoms with Crippen LogP contribution in [-0.4, -0.2) is 36.3 Å². The standard InChI is InChI=1S/C15H20BNO6/c1-14(2)15(3,4)23-16(22-14)9-10-7-6-8-11(17(19)20)12(10)13(18)21-5/h6-8H,9H2,1-5H3. The van der Waals surface area contributed by atoms with Crippen molar-refractivity contribution < 1.29 is 23.8 Å². The van der Waals surface area contributed by atoms with Gasteiger partial charge >= 0.3 is 13.1 Å². The number of nitrogens with zero attached hydrogens (tertiary/aromatic N) is 1. The summed E-state index contributed by atoms with van der Waals surface area (Å²) < 4.78 is 16.5. The molecule has 1 aliphatic heterocycles. The summed E-state index contributed by atoms with van der Waals surface area (Å²) in [6.45, 7) is 7.67. The Balaban J connectivity index is 2.36. The lowest BCUT2D eigenvalue weighted by molar-refractivity contribution is -0.385. The first-order valence-electron chi connectivity index (χ1n) is 7.29. The number of esters is 1. The molecule has 7 nitrogen and oxygen atoms in total. The van der Waals surface area contributed by atoms with E-state index in [0.29, 0.717) is 5.56 Å². The third-order valence-electron chi connectivity index (χ3n) is 4.40. The maximum absolute atomic E-state index is 12.0. The zero-order valence-electron chi connectivity index (χ0n) is 13.9. The number of nitro groups is 1. The number of rotatable bonds is 4. The quantitative estimate of drug-likeness (QED) is 0.366. The second-order valence-corrected chi connectivity index (χ2v) is 6.45. The molecule has 0 aliphatic carbocycles. The van der Waals surface area contributed by atoms with Crippen LogP contribution in [0.2, 0.25) is 0 Å². The van der Waals surface area contributed by atoms with Gasteiger partial charge in [-0.1, -0.05) is 12.1 Å². The van der Waals surface area contributed by atoms with Gasteiger partial charge in [0, 0.05) is 12.4 Å². The number of hydrogen-bond donors (Lipinski definition) is 0. The third-order valence-corrected chi connectivity index (χ3v) is 4.40. The SMILES string of the molecule is COC(=O)c1c(CB2OC(C)(C)C(C)(C)O2)cccc1[N+](=O)[O-]. The van der Waals surface area contributed by atoms with Crippen molar-refractivity contribution in [1.29, 1.82) is 0 Å². The van der Waals surface area contributed by atoms with Gasteiger partial charge in [-0.25, -0.2) is 4.79 Å². The number of hydrogen-bond acceptors (Lipinski definition) is 6. The fourth-order valence-corrected chi connectivity index (χ4v) is 2.47. The normalized spacial score (nSPS) is 18.7. The molecule has 1 aliphatic rings. The van der Waals surface area contributed by atoms with Crippen LogP contribution in [0.5, 0.6) is 0 Å². The summed E-state index contributed by atoms with van der Waals surface area (Å²) in [5, 5.41) is 11.2. The minimum Gasteiger partial charge on any atom is -0.465 e. The van der Waals surface area contributed by atoms with E-state index in [1.807, 2.05) is 27.7 Å². The third kappa shape index (κ3) is 3.23. The Labute approximate surface area is 135 Å². The van der Waals surface area contributed by atoms with Gasteiger partial charge in [0.25, 0.3) is 5.69 Å². The zero-order valence-corrected chi connectivity index (χ0v) is 13.9. The van der Waals surface area contributed by atoms with E-state index < -0.39 is 29.2 Å². The van der Waals surface area contributed by atoms with Crippen molar-refractivity contribution in [2.75, 3.05) is 7.11 Å². The highest BCUT2D eigenvalue weighted by Crippen LogP contribution is 2.38. The average molecular weight is 321 g/mol. The average Bonchev–Trinajstić information content (AvgIpc) is 2.65. The topological polar surface area (TPSA) is 87.9 Å². The largest absolute Gasteiger partial charge is 0.465 e. The fraction of sp³-hybridized carbons (Fsp3) is 0.533. The smallest absolute Gasteiger partial charge is 0.462 e. The molecule has 1 aromatic rings. The lowest BCUT2D eigenvalue weighted by Gasteiger charge is -2.32. The van der Waals surface area contributed by atoms with E-state index in [4.69, 9.17) is 9.31 Å². The van der Waals surface area contributed by atoms with Crippen LogP contribution in [0, 0.1) is 10.1 Å². The number of nitro benzene ring substituents is 1. The highest BCUT2D eigenvalue weighted by Gasteiger charge is 2.51. The number of ether oxygens (including phenoxy) is 1. The molecule has 0 amide bonds. The van der Waals surface area contributed by atoms with E-state index >= 15 is 0 Å². The van der Waals surface area contributed by atoms with E-state index in [1.165, 1.54) is 19.2 Å². The van der Waals surface area contributed by atoms with Gasteiger partial charge in [-0.3, -0.25) is 10.1 Å². The van der Waals surface area contributed by atoms with Crippen LogP contribution < -0.4 is 0 Å². The minimum atomic E-state index is -0.746. The lowest BCUT2D eigenvalue weighted by atomic mass is 9.79. The molecule has 23 heavy (non-hydrogen) atoms. The van der Waals surface area contributed by atoms with Gasteiger partial charge < -0.3 is 14.0 Å². The maximum Gasteiger partial charge on any atom is 0.462 e. The van der Waals surface area contributed by atoms with Gasteiger partial charge in [0.05, 0.1) is 23.2 Å². The highest BCUT2D eigenvalue weighted by molar-refractivity contribution is 6.45. The van der Waals surface area contributed by atoms with Gasteiger partial charge in [0.1, 0.15) is 5.56 Å². The van der Waals surface area contributed by atoms with Gasteiger partial charge in [-0.15, -0.1) is 0 Å². The first-order valence-corrected chi connectivity index (χ1v) is 7.29. The van der Waals surface area contributed by atoms with E-state index in [2.05, 4.69) is 4.74 Å². The molecule has 1 aromatic carbocycles. The van der Waals surface area contributed by atoms with Crippen LogP contribution >= 0.6 is 0 Å². The molecular formula is C15H20BNO6. The van der Waals surface area contributed by atoms with Gasteiger partial charge in [0.15, 0.2) is 0 Å². The maximum atomic E-state index is 12.0. The number of carbonyl (C=O) groups is 1. The van der Waals surface area contributed by atoms with Gasteiger partial charge in [-0.2, -0.15) is 0 Å². The van der Waals surface area contributed by atoms with Crippen LogP contribution in [0.1, 0.15) is 43.6 Å². The van der Waals surface area contributed by atoms with Gasteiger partial charge in [-0.05, 0) is 33.3 Å². The summed E-state index contributed by atoms with van der Waals surface area (Å²) in [5.74, 6) is -0.746. The Kier molecular flexibility index (Phi) is 4.50. The highest BCUT2D eigenvalue weighted by atomic mass is 16.7. The summed E-state index contributed by atoms with van der Waals surface area (Å²) in [6, 6.07) is 4.45. The van der Waals surface area contributed by atoms with Crippen LogP contribution in [0.3, 0.4) is 0 Å². The Bertz CT molecular complexity index is 627. The summed E-state index contributed by atoms with van der Waals surface area (Å²) in [4.78, 5) is 22.6. The molecule has 1 saturated heterocycles. The number of methoxy groups -OCH3 is 1. The summed E-state index contributed by atoms with van der Waals surface area (Å²) in [7, 11) is 0.600.